The van der Waals surface area contributed by atoms with Crippen LogP contribution in [-0.2, 0) is 17.5 Å². The van der Waals surface area contributed by atoms with Crippen LogP contribution in [0.15, 0.2) is 47.5 Å². The molecule has 6 nitrogen and oxygen atoms in total. The Bertz CT molecular complexity index is 1360. The molecule has 2 heterocycles. The minimum Gasteiger partial charge on any atom is -0.324 e. The molecule has 0 unspecified atom stereocenters. The first-order valence-corrected chi connectivity index (χ1v) is 11.6. The number of amides is 2. The average molecular weight is 507 g/mol. The van der Waals surface area contributed by atoms with Crippen molar-refractivity contribution >= 4 is 51.5 Å². The van der Waals surface area contributed by atoms with Crippen LogP contribution in [0, 0.1) is 0 Å². The van der Waals surface area contributed by atoms with Crippen LogP contribution < -0.4 is 5.73 Å². The van der Waals surface area contributed by atoms with E-state index in [0.29, 0.717) is 21.4 Å². The quantitative estimate of drug-likeness (QED) is 0.476. The van der Waals surface area contributed by atoms with Crippen molar-refractivity contribution in [2.45, 2.75) is 31.1 Å². The zero-order valence-electron chi connectivity index (χ0n) is 17.6. The van der Waals surface area contributed by atoms with Gasteiger partial charge in [0.25, 0.3) is 11.1 Å². The summed E-state index contributed by atoms with van der Waals surface area (Å²) in [6.45, 7) is 0.125. The van der Waals surface area contributed by atoms with Gasteiger partial charge in [-0.3, -0.25) is 19.2 Å². The third-order valence-corrected chi connectivity index (χ3v) is 7.04. The Balaban J connectivity index is 1.40. The van der Waals surface area contributed by atoms with Crippen molar-refractivity contribution in [3.05, 3.63) is 69.2 Å². The fourth-order valence-corrected chi connectivity index (χ4v) is 4.86. The van der Waals surface area contributed by atoms with Crippen LogP contribution in [0.1, 0.15) is 29.5 Å². The highest BCUT2D eigenvalue weighted by Gasteiger charge is 2.45. The van der Waals surface area contributed by atoms with Crippen molar-refractivity contribution in [1.82, 2.24) is 14.7 Å². The molecule has 1 saturated heterocycles. The fraction of sp³-hybridized carbons (Fsp3) is 0.261. The molecule has 11 heteroatoms. The summed E-state index contributed by atoms with van der Waals surface area (Å²) in [5.41, 5.74) is 6.14. The molecule has 1 aliphatic heterocycles. The van der Waals surface area contributed by atoms with Crippen molar-refractivity contribution in [3.8, 4) is 0 Å². The maximum Gasteiger partial charge on any atom is 0.416 e. The van der Waals surface area contributed by atoms with Crippen LogP contribution in [0.3, 0.4) is 0 Å². The molecule has 1 aromatic heterocycles. The summed E-state index contributed by atoms with van der Waals surface area (Å²) in [7, 11) is 0. The Labute approximate surface area is 201 Å². The maximum absolute atomic E-state index is 13.4. The number of alkyl halides is 3. The number of hydrogen-bond donors (Lipinski definition) is 1. The van der Waals surface area contributed by atoms with E-state index in [1.54, 1.807) is 30.5 Å². The van der Waals surface area contributed by atoms with E-state index in [9.17, 15) is 22.8 Å². The number of aromatic nitrogens is 2. The summed E-state index contributed by atoms with van der Waals surface area (Å²) in [5.74, 6) is -0.370. The number of imide groups is 1. The minimum atomic E-state index is -4.54. The molecule has 2 aliphatic rings. The van der Waals surface area contributed by atoms with E-state index in [-0.39, 0.29) is 34.8 Å². The molecule has 1 saturated carbocycles. The predicted molar refractivity (Wildman–Crippen MR) is 124 cm³/mol. The second-order valence-electron chi connectivity index (χ2n) is 8.55. The molecule has 3 aromatic rings. The Morgan fingerprint density at radius 3 is 2.65 bits per heavy atom. The predicted octanol–water partition coefficient (Wildman–Crippen LogP) is 5.28. The summed E-state index contributed by atoms with van der Waals surface area (Å²) in [6, 6.07) is 8.88. The van der Waals surface area contributed by atoms with Crippen LogP contribution in [0.2, 0.25) is 5.02 Å². The SMILES string of the molecule is NC1(CN2C(=O)SC(=Cc3ccc4c(cnn4Cc4ccc(Cl)cc4C(F)(F)F)c3)C2=O)CC1. The number of nitrogens with zero attached hydrogens (tertiary/aromatic N) is 3. The highest BCUT2D eigenvalue weighted by Crippen LogP contribution is 2.39. The fourth-order valence-electron chi connectivity index (χ4n) is 3.85. The average Bonchev–Trinajstić information content (AvgIpc) is 3.29. The van der Waals surface area contributed by atoms with Gasteiger partial charge < -0.3 is 5.73 Å². The largest absolute Gasteiger partial charge is 0.416 e. The van der Waals surface area contributed by atoms with Crippen LogP contribution in [0.5, 0.6) is 0 Å². The first kappa shape index (κ1) is 22.9. The number of fused-ring (bicyclic) bond motifs is 1. The van der Waals surface area contributed by atoms with E-state index < -0.39 is 17.3 Å². The van der Waals surface area contributed by atoms with Gasteiger partial charge in [0.1, 0.15) is 0 Å². The lowest BCUT2D eigenvalue weighted by molar-refractivity contribution is -0.138. The number of carbonyl (C=O) groups is 2. The number of rotatable bonds is 5. The summed E-state index contributed by atoms with van der Waals surface area (Å²) in [6.07, 6.45) is 0.206. The van der Waals surface area contributed by atoms with Crippen molar-refractivity contribution in [2.24, 2.45) is 5.73 Å². The lowest BCUT2D eigenvalue weighted by Crippen LogP contribution is -2.41. The Morgan fingerprint density at radius 1 is 1.18 bits per heavy atom. The highest BCUT2D eigenvalue weighted by atomic mass is 35.5. The normalized spacial score (nSPS) is 19.0. The van der Waals surface area contributed by atoms with Crippen molar-refractivity contribution in [1.29, 1.82) is 0 Å². The number of nitrogens with two attached hydrogens (primary N) is 1. The lowest BCUT2D eigenvalue weighted by Gasteiger charge is -2.16. The molecular weight excluding hydrogens is 489 g/mol. The molecule has 176 valence electrons. The van der Waals surface area contributed by atoms with Gasteiger partial charge in [0.15, 0.2) is 0 Å². The van der Waals surface area contributed by atoms with Gasteiger partial charge in [0.05, 0.1) is 28.7 Å². The molecule has 0 bridgehead atoms. The van der Waals surface area contributed by atoms with Gasteiger partial charge in [-0.25, -0.2) is 0 Å². The van der Waals surface area contributed by atoms with Gasteiger partial charge in [0, 0.05) is 22.5 Å². The number of hydrogen-bond acceptors (Lipinski definition) is 5. The smallest absolute Gasteiger partial charge is 0.324 e. The molecular formula is C23H18ClF3N4O2S. The zero-order valence-corrected chi connectivity index (χ0v) is 19.2. The number of benzene rings is 2. The van der Waals surface area contributed by atoms with E-state index in [1.165, 1.54) is 21.7 Å². The van der Waals surface area contributed by atoms with Gasteiger partial charge in [-0.2, -0.15) is 18.3 Å². The topological polar surface area (TPSA) is 81.2 Å². The standard InChI is InChI=1S/C23H18ClF3N4O2S/c24-16-3-2-14(17(9-16)23(25,26)27)11-31-18-4-1-13(7-15(18)10-29-31)8-19-20(32)30(21(33)34-19)12-22(28)5-6-22/h1-4,7-10H,5-6,11-12,28H2. The first-order chi connectivity index (χ1) is 16.0. The molecule has 0 radical (unpaired) electrons. The summed E-state index contributed by atoms with van der Waals surface area (Å²) in [5, 5.41) is 4.60. The van der Waals surface area contributed by atoms with E-state index in [1.807, 2.05) is 0 Å². The Morgan fingerprint density at radius 2 is 1.94 bits per heavy atom. The van der Waals surface area contributed by atoms with Crippen LogP contribution >= 0.6 is 23.4 Å². The molecule has 2 N–H and O–H groups in total. The zero-order chi connectivity index (χ0) is 24.3. The monoisotopic (exact) mass is 506 g/mol. The number of thioether (sulfide) groups is 1. The van der Waals surface area contributed by atoms with Crippen LogP contribution in [-0.4, -0.2) is 37.9 Å². The molecule has 1 aliphatic carbocycles. The Kier molecular flexibility index (Phi) is 5.50. The van der Waals surface area contributed by atoms with Gasteiger partial charge >= 0.3 is 6.18 Å². The molecule has 2 aromatic carbocycles. The lowest BCUT2D eigenvalue weighted by atomic mass is 10.1. The van der Waals surface area contributed by atoms with Crippen molar-refractivity contribution in [2.75, 3.05) is 6.54 Å². The van der Waals surface area contributed by atoms with Gasteiger partial charge in [-0.15, -0.1) is 0 Å². The van der Waals surface area contributed by atoms with Gasteiger partial charge in [-0.1, -0.05) is 23.7 Å². The molecule has 0 atom stereocenters. The van der Waals surface area contributed by atoms with Crippen molar-refractivity contribution in [3.63, 3.8) is 0 Å². The van der Waals surface area contributed by atoms with E-state index >= 15 is 0 Å². The number of carbonyl (C=O) groups excluding carboxylic acids is 2. The van der Waals surface area contributed by atoms with Gasteiger partial charge in [0.2, 0.25) is 0 Å². The third-order valence-electron chi connectivity index (χ3n) is 5.90. The Hall–Kier alpha value is -2.82. The molecule has 34 heavy (non-hydrogen) atoms. The summed E-state index contributed by atoms with van der Waals surface area (Å²) >= 11 is 6.63. The van der Waals surface area contributed by atoms with Crippen LogP contribution in [0.4, 0.5) is 18.0 Å². The first-order valence-electron chi connectivity index (χ1n) is 10.4. The second kappa shape index (κ2) is 8.14. The summed E-state index contributed by atoms with van der Waals surface area (Å²) < 4.78 is 41.8. The molecule has 2 fully saturated rings. The maximum atomic E-state index is 13.4. The molecule has 2 amide bonds. The second-order valence-corrected chi connectivity index (χ2v) is 9.98. The van der Waals surface area contributed by atoms with E-state index in [2.05, 4.69) is 5.10 Å². The number of halogens is 4. The van der Waals surface area contributed by atoms with E-state index in [0.717, 1.165) is 30.7 Å². The van der Waals surface area contributed by atoms with Crippen LogP contribution in [0.25, 0.3) is 17.0 Å². The molecule has 0 spiro atoms. The molecule has 5 rings (SSSR count). The third kappa shape index (κ3) is 4.45. The van der Waals surface area contributed by atoms with Crippen molar-refractivity contribution < 1.29 is 22.8 Å². The minimum absolute atomic E-state index is 0.00853. The summed E-state index contributed by atoms with van der Waals surface area (Å²) in [4.78, 5) is 26.4. The van der Waals surface area contributed by atoms with Gasteiger partial charge in [-0.05, 0) is 66.1 Å². The van der Waals surface area contributed by atoms with E-state index in [4.69, 9.17) is 17.3 Å². The highest BCUT2D eigenvalue weighted by molar-refractivity contribution is 8.18.